The van der Waals surface area contributed by atoms with Gasteiger partial charge in [0.05, 0.1) is 29.8 Å². The average molecular weight is 375 g/mol. The Morgan fingerprint density at radius 1 is 1.24 bits per heavy atom. The first-order valence-electron chi connectivity index (χ1n) is 8.04. The van der Waals surface area contributed by atoms with E-state index in [2.05, 4.69) is 11.1 Å². The van der Waals surface area contributed by atoms with Crippen LogP contribution in [0.4, 0.5) is 0 Å². The Kier molecular flexibility index (Phi) is 4.20. The lowest BCUT2D eigenvalue weighted by molar-refractivity contribution is 0.0542. The zero-order valence-electron chi connectivity index (χ0n) is 13.3. The molecule has 2 aromatic carbocycles. The molecular weight excluding hydrogens is 359 g/mol. The first kappa shape index (κ1) is 16.5. The molecule has 0 aliphatic carbocycles. The van der Waals surface area contributed by atoms with Gasteiger partial charge in [0.2, 0.25) is 0 Å². The summed E-state index contributed by atoms with van der Waals surface area (Å²) in [7, 11) is 0. The number of aliphatic hydroxyl groups excluding tert-OH is 1. The van der Waals surface area contributed by atoms with E-state index in [0.717, 1.165) is 16.6 Å². The van der Waals surface area contributed by atoms with Crippen molar-refractivity contribution in [3.8, 4) is 0 Å². The quantitative estimate of drug-likeness (QED) is 0.711. The number of nitrogens with zero attached hydrogens (tertiary/aromatic N) is 1. The highest BCUT2D eigenvalue weighted by Gasteiger charge is 2.32. The summed E-state index contributed by atoms with van der Waals surface area (Å²) in [6.07, 6.45) is 0.604. The SMILES string of the molecule is O=C(c1ccc(Cl)cc1Cl)N1Cc2[nH]c3ccccc3c2CC1CO. The van der Waals surface area contributed by atoms with Crippen molar-refractivity contribution in [1.82, 2.24) is 9.88 Å². The molecule has 128 valence electrons. The molecule has 1 unspecified atom stereocenters. The van der Waals surface area contributed by atoms with Gasteiger partial charge in [-0.3, -0.25) is 4.79 Å². The Balaban J connectivity index is 1.73. The number of carbonyl (C=O) groups is 1. The van der Waals surface area contributed by atoms with Crippen molar-refractivity contribution >= 4 is 40.0 Å². The standard InChI is InChI=1S/C19H16Cl2N2O2/c20-11-5-6-14(16(21)7-11)19(25)23-9-18-15(8-12(23)10-24)13-3-1-2-4-17(13)22-18/h1-7,12,22,24H,8-10H2. The van der Waals surface area contributed by atoms with Gasteiger partial charge in [0, 0.05) is 21.6 Å². The number of aromatic nitrogens is 1. The van der Waals surface area contributed by atoms with E-state index in [1.165, 1.54) is 5.56 Å². The molecule has 1 aliphatic heterocycles. The maximum Gasteiger partial charge on any atom is 0.256 e. The zero-order chi connectivity index (χ0) is 17.6. The highest BCUT2D eigenvalue weighted by Crippen LogP contribution is 2.32. The Labute approximate surface area is 155 Å². The lowest BCUT2D eigenvalue weighted by atomic mass is 9.96. The zero-order valence-corrected chi connectivity index (χ0v) is 14.8. The molecule has 2 N–H and O–H groups in total. The largest absolute Gasteiger partial charge is 0.394 e. The second-order valence-corrected chi connectivity index (χ2v) is 7.07. The molecule has 3 aromatic rings. The van der Waals surface area contributed by atoms with Crippen LogP contribution in [-0.2, 0) is 13.0 Å². The number of hydrogen-bond acceptors (Lipinski definition) is 2. The highest BCUT2D eigenvalue weighted by atomic mass is 35.5. The van der Waals surface area contributed by atoms with E-state index >= 15 is 0 Å². The molecule has 4 nitrogen and oxygen atoms in total. The molecule has 0 bridgehead atoms. The van der Waals surface area contributed by atoms with Crippen LogP contribution in [0.1, 0.15) is 21.6 Å². The van der Waals surface area contributed by atoms with Gasteiger partial charge in [0.15, 0.2) is 0 Å². The van der Waals surface area contributed by atoms with Crippen LogP contribution in [0.3, 0.4) is 0 Å². The predicted molar refractivity (Wildman–Crippen MR) is 99.2 cm³/mol. The van der Waals surface area contributed by atoms with E-state index in [1.54, 1.807) is 23.1 Å². The van der Waals surface area contributed by atoms with Crippen molar-refractivity contribution in [2.24, 2.45) is 0 Å². The van der Waals surface area contributed by atoms with Crippen LogP contribution in [-0.4, -0.2) is 33.5 Å². The molecule has 0 saturated carbocycles. The van der Waals surface area contributed by atoms with E-state index in [9.17, 15) is 9.90 Å². The molecule has 4 rings (SSSR count). The molecule has 1 aliphatic rings. The fraction of sp³-hybridized carbons (Fsp3) is 0.211. The molecular formula is C19H16Cl2N2O2. The Morgan fingerprint density at radius 3 is 2.80 bits per heavy atom. The van der Waals surface area contributed by atoms with Gasteiger partial charge >= 0.3 is 0 Å². The third-order valence-corrected chi connectivity index (χ3v) is 5.29. The minimum absolute atomic E-state index is 0.101. The number of benzene rings is 2. The van der Waals surface area contributed by atoms with E-state index in [4.69, 9.17) is 23.2 Å². The molecule has 0 radical (unpaired) electrons. The Morgan fingerprint density at radius 2 is 2.04 bits per heavy atom. The summed E-state index contributed by atoms with van der Waals surface area (Å²) in [5, 5.41) is 11.8. The number of aromatic amines is 1. The van der Waals surface area contributed by atoms with E-state index in [0.29, 0.717) is 28.6 Å². The number of para-hydroxylation sites is 1. The van der Waals surface area contributed by atoms with Crippen molar-refractivity contribution in [3.05, 3.63) is 69.3 Å². The van der Waals surface area contributed by atoms with Gasteiger partial charge in [0.1, 0.15) is 0 Å². The molecule has 1 aromatic heterocycles. The van der Waals surface area contributed by atoms with Crippen LogP contribution in [0.5, 0.6) is 0 Å². The van der Waals surface area contributed by atoms with Crippen LogP contribution in [0, 0.1) is 0 Å². The number of aliphatic hydroxyl groups is 1. The molecule has 25 heavy (non-hydrogen) atoms. The van der Waals surface area contributed by atoms with E-state index in [-0.39, 0.29) is 18.6 Å². The number of halogens is 2. The number of amides is 1. The fourth-order valence-corrected chi connectivity index (χ4v) is 3.98. The van der Waals surface area contributed by atoms with Crippen molar-refractivity contribution in [1.29, 1.82) is 0 Å². The maximum atomic E-state index is 13.0. The first-order chi connectivity index (χ1) is 12.1. The van der Waals surface area contributed by atoms with Gasteiger partial charge in [-0.15, -0.1) is 0 Å². The van der Waals surface area contributed by atoms with Crippen LogP contribution in [0.15, 0.2) is 42.5 Å². The second kappa shape index (κ2) is 6.37. The summed E-state index contributed by atoms with van der Waals surface area (Å²) < 4.78 is 0. The third kappa shape index (κ3) is 2.80. The lowest BCUT2D eigenvalue weighted by Crippen LogP contribution is -2.46. The molecule has 1 amide bonds. The maximum absolute atomic E-state index is 13.0. The van der Waals surface area contributed by atoms with E-state index < -0.39 is 0 Å². The Bertz CT molecular complexity index is 967. The number of fused-ring (bicyclic) bond motifs is 3. The molecule has 0 spiro atoms. The summed E-state index contributed by atoms with van der Waals surface area (Å²) in [6.45, 7) is 0.308. The number of rotatable bonds is 2. The first-order valence-corrected chi connectivity index (χ1v) is 8.79. The molecule has 6 heteroatoms. The van der Waals surface area contributed by atoms with Crippen molar-refractivity contribution in [3.63, 3.8) is 0 Å². The summed E-state index contributed by atoms with van der Waals surface area (Å²) in [5.41, 5.74) is 3.61. The minimum Gasteiger partial charge on any atom is -0.394 e. The van der Waals surface area contributed by atoms with Crippen LogP contribution < -0.4 is 0 Å². The number of nitrogens with one attached hydrogen (secondary N) is 1. The van der Waals surface area contributed by atoms with Gasteiger partial charge in [0.25, 0.3) is 5.91 Å². The second-order valence-electron chi connectivity index (χ2n) is 6.23. The summed E-state index contributed by atoms with van der Waals surface area (Å²) in [6, 6.07) is 12.6. The molecule has 0 saturated heterocycles. The normalized spacial score (nSPS) is 16.9. The number of hydrogen-bond donors (Lipinski definition) is 2. The summed E-state index contributed by atoms with van der Waals surface area (Å²) >= 11 is 12.1. The average Bonchev–Trinajstić information content (AvgIpc) is 2.97. The predicted octanol–water partition coefficient (Wildman–Crippen LogP) is 4.03. The van der Waals surface area contributed by atoms with Crippen LogP contribution in [0.25, 0.3) is 10.9 Å². The summed E-state index contributed by atoms with van der Waals surface area (Å²) in [4.78, 5) is 18.1. The van der Waals surface area contributed by atoms with Crippen molar-refractivity contribution < 1.29 is 9.90 Å². The molecule has 1 atom stereocenters. The Hall–Kier alpha value is -2.01. The number of H-pyrrole nitrogens is 1. The van der Waals surface area contributed by atoms with Crippen LogP contribution in [0.2, 0.25) is 10.0 Å². The van der Waals surface area contributed by atoms with Gasteiger partial charge in [-0.25, -0.2) is 0 Å². The lowest BCUT2D eigenvalue weighted by Gasteiger charge is -2.35. The monoisotopic (exact) mass is 374 g/mol. The van der Waals surface area contributed by atoms with Crippen molar-refractivity contribution in [2.75, 3.05) is 6.61 Å². The molecule has 0 fully saturated rings. The van der Waals surface area contributed by atoms with E-state index in [1.807, 2.05) is 18.2 Å². The van der Waals surface area contributed by atoms with Gasteiger partial charge in [-0.1, -0.05) is 41.4 Å². The fourth-order valence-electron chi connectivity index (χ4n) is 3.49. The topological polar surface area (TPSA) is 56.3 Å². The number of carbonyl (C=O) groups excluding carboxylic acids is 1. The van der Waals surface area contributed by atoms with Crippen LogP contribution >= 0.6 is 23.2 Å². The highest BCUT2D eigenvalue weighted by molar-refractivity contribution is 6.36. The van der Waals surface area contributed by atoms with Crippen molar-refractivity contribution in [2.45, 2.75) is 19.0 Å². The molecule has 2 heterocycles. The van der Waals surface area contributed by atoms with Gasteiger partial charge in [-0.2, -0.15) is 0 Å². The minimum atomic E-state index is -0.286. The smallest absolute Gasteiger partial charge is 0.256 e. The van der Waals surface area contributed by atoms with Gasteiger partial charge in [-0.05, 0) is 36.2 Å². The third-order valence-electron chi connectivity index (χ3n) is 4.74. The summed E-state index contributed by atoms with van der Waals surface area (Å²) in [5.74, 6) is -0.204. The van der Waals surface area contributed by atoms with Gasteiger partial charge < -0.3 is 15.0 Å².